The van der Waals surface area contributed by atoms with E-state index in [1.165, 1.54) is 4.31 Å². The van der Waals surface area contributed by atoms with Gasteiger partial charge in [0.25, 0.3) is 10.0 Å². The van der Waals surface area contributed by atoms with Crippen LogP contribution in [-0.4, -0.2) is 30.2 Å². The Balaban J connectivity index is 1.57. The molecule has 0 radical (unpaired) electrons. The molecule has 1 heterocycles. The molecule has 0 saturated heterocycles. The number of amidine groups is 1. The van der Waals surface area contributed by atoms with Crippen LogP contribution >= 0.6 is 31.9 Å². The summed E-state index contributed by atoms with van der Waals surface area (Å²) in [6.07, 6.45) is 0. The molecule has 0 spiro atoms. The number of aryl methyl sites for hydroxylation is 1. The molecular formula is C37H33Br2N3O3S. The van der Waals surface area contributed by atoms with Gasteiger partial charge in [-0.15, -0.1) is 0 Å². The molecule has 0 unspecified atom stereocenters. The van der Waals surface area contributed by atoms with Crippen LogP contribution in [0.15, 0.2) is 146 Å². The Kier molecular flexibility index (Phi) is 9.36. The number of aromatic hydroxyl groups is 1. The van der Waals surface area contributed by atoms with Crippen LogP contribution in [0.2, 0.25) is 0 Å². The van der Waals surface area contributed by atoms with Crippen molar-refractivity contribution < 1.29 is 13.5 Å². The van der Waals surface area contributed by atoms with Gasteiger partial charge in [0.05, 0.1) is 33.7 Å². The van der Waals surface area contributed by atoms with E-state index in [0.29, 0.717) is 16.0 Å². The third kappa shape index (κ3) is 6.36. The van der Waals surface area contributed by atoms with Gasteiger partial charge in [0, 0.05) is 4.47 Å². The first-order valence-electron chi connectivity index (χ1n) is 14.9. The fourth-order valence-corrected chi connectivity index (χ4v) is 8.77. The molecule has 46 heavy (non-hydrogen) atoms. The number of sulfonamides is 1. The summed E-state index contributed by atoms with van der Waals surface area (Å²) in [7, 11) is -4.09. The second kappa shape index (κ2) is 13.4. The molecule has 1 N–H and O–H groups in total. The van der Waals surface area contributed by atoms with Crippen LogP contribution in [0.1, 0.15) is 47.3 Å². The Morgan fingerprint density at radius 1 is 0.826 bits per heavy atom. The van der Waals surface area contributed by atoms with Gasteiger partial charge in [-0.2, -0.15) is 0 Å². The minimum atomic E-state index is -4.09. The molecule has 3 atom stereocenters. The molecule has 5 aromatic carbocycles. The summed E-state index contributed by atoms with van der Waals surface area (Å²) in [4.78, 5) is 7.44. The van der Waals surface area contributed by atoms with Crippen LogP contribution in [-0.2, 0) is 10.0 Å². The molecule has 0 amide bonds. The molecule has 1 aliphatic rings. The third-order valence-corrected chi connectivity index (χ3v) is 11.2. The molecule has 234 valence electrons. The van der Waals surface area contributed by atoms with E-state index in [-0.39, 0.29) is 23.2 Å². The highest BCUT2D eigenvalue weighted by atomic mass is 79.9. The first-order valence-corrected chi connectivity index (χ1v) is 17.9. The van der Waals surface area contributed by atoms with Gasteiger partial charge in [0.15, 0.2) is 5.75 Å². The second-order valence-corrected chi connectivity index (χ2v) is 14.9. The van der Waals surface area contributed by atoms with E-state index < -0.39 is 22.1 Å². The SMILES string of the molecule is Cc1ccc(S(=O)(=O)N2C(CN(c3cc(Br)cc(Br)c3O)[C@@H](C)c3ccccc3)=N[C@@H](c3ccccc3)[C@@H]2c2ccccc2)cc1. The van der Waals surface area contributed by atoms with Gasteiger partial charge in [0.1, 0.15) is 11.9 Å². The van der Waals surface area contributed by atoms with Crippen molar-refractivity contribution >= 4 is 53.4 Å². The van der Waals surface area contributed by atoms with E-state index in [9.17, 15) is 13.5 Å². The topological polar surface area (TPSA) is 73.2 Å². The number of halogens is 2. The van der Waals surface area contributed by atoms with Crippen molar-refractivity contribution in [3.05, 3.63) is 159 Å². The van der Waals surface area contributed by atoms with E-state index in [1.54, 1.807) is 18.2 Å². The zero-order chi connectivity index (χ0) is 32.4. The van der Waals surface area contributed by atoms with Gasteiger partial charge in [-0.05, 0) is 70.7 Å². The van der Waals surface area contributed by atoms with Crippen molar-refractivity contribution in [2.45, 2.75) is 36.9 Å². The van der Waals surface area contributed by atoms with Gasteiger partial charge in [-0.25, -0.2) is 12.7 Å². The lowest BCUT2D eigenvalue weighted by molar-refractivity contribution is 0.417. The molecule has 9 heteroatoms. The van der Waals surface area contributed by atoms with E-state index >= 15 is 0 Å². The Bertz CT molecular complexity index is 1960. The van der Waals surface area contributed by atoms with Crippen LogP contribution in [0.5, 0.6) is 5.75 Å². The maximum Gasteiger partial charge on any atom is 0.265 e. The standard InChI is InChI=1S/C37H33Br2N3O3S/c1-25-18-20-31(21-19-25)46(44,45)42-34(40-35(28-14-8-4-9-15-28)36(42)29-16-10-5-11-17-29)24-41(26(2)27-12-6-3-7-13-27)33-23-30(38)22-32(39)37(33)43/h3-23,26,35-36,43H,24H2,1-2H3/t26-,35-,36-/m0/s1. The van der Waals surface area contributed by atoms with Crippen molar-refractivity contribution in [1.82, 2.24) is 4.31 Å². The number of anilines is 1. The summed E-state index contributed by atoms with van der Waals surface area (Å²) in [6.45, 7) is 4.08. The van der Waals surface area contributed by atoms with E-state index in [0.717, 1.165) is 26.7 Å². The first kappa shape index (κ1) is 32.0. The summed E-state index contributed by atoms with van der Waals surface area (Å²) >= 11 is 7.09. The second-order valence-electron chi connectivity index (χ2n) is 11.3. The number of rotatable bonds is 9. The van der Waals surface area contributed by atoms with Crippen molar-refractivity contribution in [2.24, 2.45) is 4.99 Å². The lowest BCUT2D eigenvalue weighted by atomic mass is 9.95. The Labute approximate surface area is 287 Å². The van der Waals surface area contributed by atoms with Crippen molar-refractivity contribution in [1.29, 1.82) is 0 Å². The van der Waals surface area contributed by atoms with Crippen LogP contribution in [0, 0.1) is 6.92 Å². The van der Waals surface area contributed by atoms with Gasteiger partial charge in [-0.3, -0.25) is 4.99 Å². The molecule has 0 aromatic heterocycles. The highest BCUT2D eigenvalue weighted by Crippen LogP contribution is 2.47. The fourth-order valence-electron chi connectivity index (χ4n) is 5.94. The number of phenols is 1. The summed E-state index contributed by atoms with van der Waals surface area (Å²) in [5.41, 5.74) is 4.25. The predicted molar refractivity (Wildman–Crippen MR) is 192 cm³/mol. The molecule has 0 saturated carbocycles. The summed E-state index contributed by atoms with van der Waals surface area (Å²) in [5, 5.41) is 11.4. The normalized spacial score (nSPS) is 17.0. The minimum Gasteiger partial charge on any atom is -0.505 e. The summed E-state index contributed by atoms with van der Waals surface area (Å²) in [6, 6.07) is 38.6. The zero-order valence-electron chi connectivity index (χ0n) is 25.3. The van der Waals surface area contributed by atoms with Gasteiger partial charge in [0.2, 0.25) is 0 Å². The minimum absolute atomic E-state index is 0.0525. The number of phenolic OH excluding ortho intramolecular Hbond substituents is 1. The summed E-state index contributed by atoms with van der Waals surface area (Å²) in [5.74, 6) is 0.429. The lowest BCUT2D eigenvalue weighted by Gasteiger charge is -2.36. The number of aliphatic imine (C=N–C) groups is 1. The van der Waals surface area contributed by atoms with E-state index in [2.05, 4.69) is 31.9 Å². The largest absolute Gasteiger partial charge is 0.505 e. The average molecular weight is 760 g/mol. The van der Waals surface area contributed by atoms with Gasteiger partial charge >= 0.3 is 0 Å². The molecular weight excluding hydrogens is 726 g/mol. The Morgan fingerprint density at radius 2 is 1.39 bits per heavy atom. The van der Waals surface area contributed by atoms with Crippen molar-refractivity contribution in [2.75, 3.05) is 11.4 Å². The van der Waals surface area contributed by atoms with Crippen LogP contribution in [0.4, 0.5) is 5.69 Å². The molecule has 5 aromatic rings. The van der Waals surface area contributed by atoms with Gasteiger partial charge < -0.3 is 10.0 Å². The van der Waals surface area contributed by atoms with E-state index in [1.807, 2.05) is 128 Å². The molecule has 6 nitrogen and oxygen atoms in total. The lowest BCUT2D eigenvalue weighted by Crippen LogP contribution is -2.43. The molecule has 1 aliphatic heterocycles. The monoisotopic (exact) mass is 757 g/mol. The highest BCUT2D eigenvalue weighted by molar-refractivity contribution is 9.11. The maximum absolute atomic E-state index is 14.8. The summed E-state index contributed by atoms with van der Waals surface area (Å²) < 4.78 is 32.4. The number of benzene rings is 5. The third-order valence-electron chi connectivity index (χ3n) is 8.33. The molecule has 0 bridgehead atoms. The average Bonchev–Trinajstić information content (AvgIpc) is 3.46. The van der Waals surface area contributed by atoms with Crippen LogP contribution in [0.25, 0.3) is 0 Å². The zero-order valence-corrected chi connectivity index (χ0v) is 29.3. The van der Waals surface area contributed by atoms with Gasteiger partial charge in [-0.1, -0.05) is 125 Å². The number of hydrogen-bond acceptors (Lipinski definition) is 5. The van der Waals surface area contributed by atoms with Crippen LogP contribution < -0.4 is 4.90 Å². The Morgan fingerprint density at radius 3 is 2.00 bits per heavy atom. The van der Waals surface area contributed by atoms with E-state index in [4.69, 9.17) is 4.99 Å². The smallest absolute Gasteiger partial charge is 0.265 e. The quantitative estimate of drug-likeness (QED) is 0.163. The fraction of sp³-hybridized carbons (Fsp3) is 0.162. The predicted octanol–water partition coefficient (Wildman–Crippen LogP) is 9.38. The molecule has 0 aliphatic carbocycles. The van der Waals surface area contributed by atoms with Crippen LogP contribution in [0.3, 0.4) is 0 Å². The molecule has 0 fully saturated rings. The van der Waals surface area contributed by atoms with Crippen molar-refractivity contribution in [3.63, 3.8) is 0 Å². The Hall–Kier alpha value is -3.92. The van der Waals surface area contributed by atoms with Crippen molar-refractivity contribution in [3.8, 4) is 5.75 Å². The number of nitrogens with zero attached hydrogens (tertiary/aromatic N) is 3. The first-order chi connectivity index (χ1) is 22.1. The maximum atomic E-state index is 14.8. The molecule has 6 rings (SSSR count). The highest BCUT2D eigenvalue weighted by Gasteiger charge is 2.46. The number of hydrogen-bond donors (Lipinski definition) is 1.